The first-order valence-electron chi connectivity index (χ1n) is 3.10. The van der Waals surface area contributed by atoms with E-state index in [1.807, 2.05) is 6.07 Å². The Morgan fingerprint density at radius 3 is 2.50 bits per heavy atom. The molecule has 58 valence electrons. The third kappa shape index (κ3) is 3.59. The van der Waals surface area contributed by atoms with E-state index in [1.165, 1.54) is 0 Å². The quantitative estimate of drug-likeness (QED) is 0.631. The second kappa shape index (κ2) is 4.42. The molecule has 3 unspecified atom stereocenters. The van der Waals surface area contributed by atoms with E-state index >= 15 is 0 Å². The summed E-state index contributed by atoms with van der Waals surface area (Å²) in [5.74, 6) is 0.411. The van der Waals surface area contributed by atoms with E-state index in [4.69, 9.17) is 11.0 Å². The van der Waals surface area contributed by atoms with Crippen molar-refractivity contribution < 1.29 is 4.21 Å². The van der Waals surface area contributed by atoms with Gasteiger partial charge in [0.25, 0.3) is 0 Å². The van der Waals surface area contributed by atoms with Crippen LogP contribution >= 0.6 is 0 Å². The molecule has 0 radical (unpaired) electrons. The first kappa shape index (κ1) is 9.60. The molecule has 0 amide bonds. The lowest BCUT2D eigenvalue weighted by Crippen LogP contribution is -2.26. The van der Waals surface area contributed by atoms with Gasteiger partial charge in [-0.1, -0.05) is 0 Å². The molecular weight excluding hydrogens is 148 g/mol. The molecule has 0 aliphatic heterocycles. The average Bonchev–Trinajstić information content (AvgIpc) is 1.85. The lowest BCUT2D eigenvalue weighted by molar-refractivity contribution is 0.673. The van der Waals surface area contributed by atoms with Crippen molar-refractivity contribution in [2.75, 3.05) is 5.75 Å². The Balaban J connectivity index is 3.76. The van der Waals surface area contributed by atoms with Gasteiger partial charge in [0.05, 0.1) is 6.07 Å². The van der Waals surface area contributed by atoms with Crippen LogP contribution in [0.3, 0.4) is 0 Å². The van der Waals surface area contributed by atoms with Gasteiger partial charge in [-0.05, 0) is 13.8 Å². The topological polar surface area (TPSA) is 66.9 Å². The van der Waals surface area contributed by atoms with Gasteiger partial charge in [-0.3, -0.25) is 4.21 Å². The third-order valence-corrected chi connectivity index (χ3v) is 2.75. The summed E-state index contributed by atoms with van der Waals surface area (Å²) in [6, 6.07) is 1.83. The van der Waals surface area contributed by atoms with Crippen LogP contribution in [0.4, 0.5) is 0 Å². The van der Waals surface area contributed by atoms with Crippen LogP contribution in [0.5, 0.6) is 0 Å². The Labute approximate surface area is 63.7 Å². The molecule has 0 aromatic heterocycles. The van der Waals surface area contributed by atoms with Gasteiger partial charge < -0.3 is 5.73 Å². The molecule has 0 aromatic rings. The van der Waals surface area contributed by atoms with Crippen LogP contribution in [-0.2, 0) is 10.8 Å². The van der Waals surface area contributed by atoms with Crippen molar-refractivity contribution in [1.82, 2.24) is 0 Å². The molecule has 0 heterocycles. The normalized spacial score (nSPS) is 19.0. The van der Waals surface area contributed by atoms with Crippen LogP contribution in [0.2, 0.25) is 0 Å². The Hall–Kier alpha value is -0.400. The third-order valence-electron chi connectivity index (χ3n) is 1.00. The Morgan fingerprint density at radius 1 is 1.70 bits per heavy atom. The van der Waals surface area contributed by atoms with Gasteiger partial charge in [-0.2, -0.15) is 5.26 Å². The largest absolute Gasteiger partial charge is 0.327 e. The van der Waals surface area contributed by atoms with Gasteiger partial charge in [-0.15, -0.1) is 0 Å². The lowest BCUT2D eigenvalue weighted by atomic mass is 10.4. The number of nitrogens with zero attached hydrogens (tertiary/aromatic N) is 1. The summed E-state index contributed by atoms with van der Waals surface area (Å²) in [6.45, 7) is 3.42. The predicted molar refractivity (Wildman–Crippen MR) is 41.7 cm³/mol. The van der Waals surface area contributed by atoms with E-state index in [1.54, 1.807) is 13.8 Å². The molecule has 0 saturated carbocycles. The zero-order chi connectivity index (χ0) is 8.15. The summed E-state index contributed by atoms with van der Waals surface area (Å²) < 4.78 is 11.0. The Kier molecular flexibility index (Phi) is 4.24. The fourth-order valence-corrected chi connectivity index (χ4v) is 1.39. The minimum absolute atomic E-state index is 0.0865. The maximum absolute atomic E-state index is 11.0. The Bertz CT molecular complexity index is 162. The standard InChI is InChI=1S/C6H12N2OS/c1-5(8)4-10(9)6(2)3-7/h5-6H,4,8H2,1-2H3. The summed E-state index contributed by atoms with van der Waals surface area (Å²) in [6.07, 6.45) is 0. The molecule has 0 spiro atoms. The summed E-state index contributed by atoms with van der Waals surface area (Å²) in [7, 11) is -1.08. The van der Waals surface area contributed by atoms with E-state index in [0.29, 0.717) is 5.75 Å². The van der Waals surface area contributed by atoms with Gasteiger partial charge in [0.15, 0.2) is 0 Å². The SMILES string of the molecule is CC(N)CS(=O)C(C)C#N. The highest BCUT2D eigenvalue weighted by Crippen LogP contribution is 1.94. The van der Waals surface area contributed by atoms with Crippen molar-refractivity contribution in [2.45, 2.75) is 25.1 Å². The smallest absolute Gasteiger partial charge is 0.119 e. The number of nitriles is 1. The molecule has 0 fully saturated rings. The molecule has 0 aromatic carbocycles. The monoisotopic (exact) mass is 160 g/mol. The number of hydrogen-bond acceptors (Lipinski definition) is 3. The zero-order valence-electron chi connectivity index (χ0n) is 6.20. The minimum Gasteiger partial charge on any atom is -0.327 e. The number of hydrogen-bond donors (Lipinski definition) is 1. The minimum atomic E-state index is -1.08. The fraction of sp³-hybridized carbons (Fsp3) is 0.833. The lowest BCUT2D eigenvalue weighted by Gasteiger charge is -2.05. The van der Waals surface area contributed by atoms with Gasteiger partial charge in [0.1, 0.15) is 5.25 Å². The van der Waals surface area contributed by atoms with E-state index in [9.17, 15) is 4.21 Å². The molecule has 3 nitrogen and oxygen atoms in total. The molecule has 3 atom stereocenters. The van der Waals surface area contributed by atoms with Crippen molar-refractivity contribution in [2.24, 2.45) is 5.73 Å². The van der Waals surface area contributed by atoms with Crippen molar-refractivity contribution in [3.63, 3.8) is 0 Å². The summed E-state index contributed by atoms with van der Waals surface area (Å²) in [5.41, 5.74) is 5.38. The van der Waals surface area contributed by atoms with Crippen LogP contribution in [0, 0.1) is 11.3 Å². The number of nitrogens with two attached hydrogens (primary N) is 1. The summed E-state index contributed by atoms with van der Waals surface area (Å²) >= 11 is 0. The Morgan fingerprint density at radius 2 is 2.20 bits per heavy atom. The molecule has 4 heteroatoms. The zero-order valence-corrected chi connectivity index (χ0v) is 7.02. The maximum Gasteiger partial charge on any atom is 0.119 e. The van der Waals surface area contributed by atoms with Crippen LogP contribution in [-0.4, -0.2) is 21.3 Å². The molecule has 0 rings (SSSR count). The van der Waals surface area contributed by atoms with Crippen LogP contribution in [0.25, 0.3) is 0 Å². The maximum atomic E-state index is 11.0. The number of rotatable bonds is 3. The van der Waals surface area contributed by atoms with Crippen LogP contribution < -0.4 is 5.73 Å². The molecule has 10 heavy (non-hydrogen) atoms. The second-order valence-corrected chi connectivity index (χ2v) is 4.10. The summed E-state index contributed by atoms with van der Waals surface area (Å²) in [5, 5.41) is 7.94. The highest BCUT2D eigenvalue weighted by Gasteiger charge is 2.10. The van der Waals surface area contributed by atoms with Crippen molar-refractivity contribution in [3.8, 4) is 6.07 Å². The highest BCUT2D eigenvalue weighted by atomic mass is 32.2. The van der Waals surface area contributed by atoms with Crippen molar-refractivity contribution in [3.05, 3.63) is 0 Å². The molecule has 0 aliphatic carbocycles. The van der Waals surface area contributed by atoms with Gasteiger partial charge >= 0.3 is 0 Å². The van der Waals surface area contributed by atoms with Gasteiger partial charge in [-0.25, -0.2) is 0 Å². The van der Waals surface area contributed by atoms with Crippen LogP contribution in [0.15, 0.2) is 0 Å². The molecule has 0 saturated heterocycles. The van der Waals surface area contributed by atoms with Crippen LogP contribution in [0.1, 0.15) is 13.8 Å². The van der Waals surface area contributed by atoms with Gasteiger partial charge in [0, 0.05) is 22.6 Å². The predicted octanol–water partition coefficient (Wildman–Crippen LogP) is -0.00562. The van der Waals surface area contributed by atoms with E-state index in [0.717, 1.165) is 0 Å². The molecule has 2 N–H and O–H groups in total. The highest BCUT2D eigenvalue weighted by molar-refractivity contribution is 7.85. The second-order valence-electron chi connectivity index (χ2n) is 2.30. The first-order chi connectivity index (χ1) is 4.57. The van der Waals surface area contributed by atoms with E-state index < -0.39 is 16.0 Å². The van der Waals surface area contributed by atoms with Gasteiger partial charge in [0.2, 0.25) is 0 Å². The van der Waals surface area contributed by atoms with E-state index in [2.05, 4.69) is 0 Å². The van der Waals surface area contributed by atoms with E-state index in [-0.39, 0.29) is 6.04 Å². The summed E-state index contributed by atoms with van der Waals surface area (Å²) in [4.78, 5) is 0. The average molecular weight is 160 g/mol. The first-order valence-corrected chi connectivity index (χ1v) is 4.48. The van der Waals surface area contributed by atoms with Crippen molar-refractivity contribution >= 4 is 10.8 Å². The molecular formula is C6H12N2OS. The fourth-order valence-electron chi connectivity index (χ4n) is 0.462. The molecule has 0 aliphatic rings. The van der Waals surface area contributed by atoms with Crippen molar-refractivity contribution in [1.29, 1.82) is 5.26 Å². The molecule has 0 bridgehead atoms.